The summed E-state index contributed by atoms with van der Waals surface area (Å²) in [5.41, 5.74) is -0.458. The molecule has 6 heteroatoms. The van der Waals surface area contributed by atoms with Gasteiger partial charge in [-0.2, -0.15) is 0 Å². The molecule has 1 fully saturated rings. The maximum Gasteiger partial charge on any atom is 0.410 e. The number of rotatable bonds is 7. The standard InChI is InChI=1S/C17H34N4O2/c1-7-13(3)20-15(18-8-2)19-11-12-21(14-9-10-14)16(22)23-17(4,5)6/h13-14H,7-12H2,1-6H3,(H2,18,19,20). The number of hydrogen-bond donors (Lipinski definition) is 2. The van der Waals surface area contributed by atoms with Crippen LogP contribution < -0.4 is 10.6 Å². The van der Waals surface area contributed by atoms with Gasteiger partial charge in [-0.05, 0) is 53.9 Å². The highest BCUT2D eigenvalue weighted by Gasteiger charge is 2.34. The van der Waals surface area contributed by atoms with Gasteiger partial charge in [-0.3, -0.25) is 4.99 Å². The third-order valence-corrected chi connectivity index (χ3v) is 3.57. The summed E-state index contributed by atoms with van der Waals surface area (Å²) in [6.07, 6.45) is 2.94. The van der Waals surface area contributed by atoms with Crippen LogP contribution in [0.15, 0.2) is 4.99 Å². The van der Waals surface area contributed by atoms with E-state index >= 15 is 0 Å². The highest BCUT2D eigenvalue weighted by Crippen LogP contribution is 2.28. The Morgan fingerprint density at radius 2 is 2.00 bits per heavy atom. The lowest BCUT2D eigenvalue weighted by atomic mass is 10.2. The fourth-order valence-corrected chi connectivity index (χ4v) is 2.05. The van der Waals surface area contributed by atoms with Crippen LogP contribution in [-0.4, -0.2) is 54.3 Å². The maximum absolute atomic E-state index is 12.3. The van der Waals surface area contributed by atoms with Gasteiger partial charge in [0.2, 0.25) is 0 Å². The van der Waals surface area contributed by atoms with Gasteiger partial charge in [0, 0.05) is 25.2 Å². The monoisotopic (exact) mass is 326 g/mol. The van der Waals surface area contributed by atoms with E-state index in [1.165, 1.54) is 0 Å². The fraction of sp³-hybridized carbons (Fsp3) is 0.882. The Balaban J connectivity index is 2.56. The number of nitrogens with one attached hydrogen (secondary N) is 2. The number of aliphatic imine (C=N–C) groups is 1. The summed E-state index contributed by atoms with van der Waals surface area (Å²) in [5, 5.41) is 6.60. The van der Waals surface area contributed by atoms with Crippen LogP contribution in [0.5, 0.6) is 0 Å². The van der Waals surface area contributed by atoms with E-state index in [0.717, 1.165) is 31.8 Å². The zero-order valence-electron chi connectivity index (χ0n) is 15.6. The molecule has 0 aromatic rings. The van der Waals surface area contributed by atoms with Crippen LogP contribution in [0, 0.1) is 0 Å². The van der Waals surface area contributed by atoms with Crippen molar-refractivity contribution in [2.24, 2.45) is 4.99 Å². The van der Waals surface area contributed by atoms with E-state index in [2.05, 4.69) is 29.5 Å². The van der Waals surface area contributed by atoms with Crippen LogP contribution in [-0.2, 0) is 4.74 Å². The average molecular weight is 326 g/mol. The second-order valence-electron chi connectivity index (χ2n) is 7.12. The van der Waals surface area contributed by atoms with E-state index < -0.39 is 5.60 Å². The lowest BCUT2D eigenvalue weighted by molar-refractivity contribution is 0.0240. The smallest absolute Gasteiger partial charge is 0.410 e. The first-order chi connectivity index (χ1) is 10.8. The molecular formula is C17H34N4O2. The number of nitrogens with zero attached hydrogens (tertiary/aromatic N) is 2. The van der Waals surface area contributed by atoms with Crippen LogP contribution in [0.2, 0.25) is 0 Å². The van der Waals surface area contributed by atoms with Crippen LogP contribution in [0.25, 0.3) is 0 Å². The number of ether oxygens (including phenoxy) is 1. The average Bonchev–Trinajstić information content (AvgIpc) is 3.25. The molecular weight excluding hydrogens is 292 g/mol. The van der Waals surface area contributed by atoms with Gasteiger partial charge in [0.25, 0.3) is 0 Å². The molecule has 134 valence electrons. The molecule has 0 aliphatic heterocycles. The van der Waals surface area contributed by atoms with Gasteiger partial charge in [0.1, 0.15) is 5.60 Å². The quantitative estimate of drug-likeness (QED) is 0.558. The van der Waals surface area contributed by atoms with Gasteiger partial charge in [0.05, 0.1) is 6.54 Å². The first-order valence-electron chi connectivity index (χ1n) is 8.81. The minimum atomic E-state index is -0.458. The molecule has 2 N–H and O–H groups in total. The molecule has 1 saturated carbocycles. The van der Waals surface area contributed by atoms with E-state index in [0.29, 0.717) is 25.2 Å². The lowest BCUT2D eigenvalue weighted by Gasteiger charge is -2.27. The summed E-state index contributed by atoms with van der Waals surface area (Å²) in [7, 11) is 0. The van der Waals surface area contributed by atoms with Crippen LogP contribution >= 0.6 is 0 Å². The molecule has 1 amide bonds. The molecule has 0 saturated heterocycles. The third kappa shape index (κ3) is 8.09. The fourth-order valence-electron chi connectivity index (χ4n) is 2.05. The summed E-state index contributed by atoms with van der Waals surface area (Å²) < 4.78 is 5.50. The predicted molar refractivity (Wildman–Crippen MR) is 94.8 cm³/mol. The van der Waals surface area contributed by atoms with E-state index in [-0.39, 0.29) is 6.09 Å². The summed E-state index contributed by atoms with van der Waals surface area (Å²) >= 11 is 0. The molecule has 0 heterocycles. The van der Waals surface area contributed by atoms with Crippen molar-refractivity contribution in [3.63, 3.8) is 0 Å². The molecule has 0 aromatic heterocycles. The van der Waals surface area contributed by atoms with Crippen molar-refractivity contribution in [2.75, 3.05) is 19.6 Å². The summed E-state index contributed by atoms with van der Waals surface area (Å²) in [5.74, 6) is 0.807. The normalized spacial score (nSPS) is 16.7. The molecule has 1 rings (SSSR count). The van der Waals surface area contributed by atoms with Gasteiger partial charge in [-0.15, -0.1) is 0 Å². The van der Waals surface area contributed by atoms with Gasteiger partial charge in [-0.25, -0.2) is 4.79 Å². The Labute approximate surface area is 141 Å². The van der Waals surface area contributed by atoms with Gasteiger partial charge in [0.15, 0.2) is 5.96 Å². The van der Waals surface area contributed by atoms with E-state index in [4.69, 9.17) is 4.74 Å². The number of guanidine groups is 1. The molecule has 0 radical (unpaired) electrons. The minimum absolute atomic E-state index is 0.227. The molecule has 1 unspecified atom stereocenters. The molecule has 1 atom stereocenters. The predicted octanol–water partition coefficient (Wildman–Crippen LogP) is 2.74. The van der Waals surface area contributed by atoms with Crippen molar-refractivity contribution in [1.29, 1.82) is 0 Å². The lowest BCUT2D eigenvalue weighted by Crippen LogP contribution is -2.43. The SMILES string of the molecule is CCNC(=NCCN(C(=O)OC(C)(C)C)C1CC1)NC(C)CC. The van der Waals surface area contributed by atoms with E-state index in [1.54, 1.807) is 0 Å². The largest absolute Gasteiger partial charge is 0.444 e. The van der Waals surface area contributed by atoms with E-state index in [1.807, 2.05) is 32.6 Å². The van der Waals surface area contributed by atoms with Crippen LogP contribution in [0.4, 0.5) is 4.79 Å². The summed E-state index contributed by atoms with van der Waals surface area (Å²) in [4.78, 5) is 18.7. The van der Waals surface area contributed by atoms with Crippen molar-refractivity contribution in [2.45, 2.75) is 78.5 Å². The molecule has 23 heavy (non-hydrogen) atoms. The Bertz CT molecular complexity index is 400. The van der Waals surface area contributed by atoms with Gasteiger partial charge in [-0.1, -0.05) is 6.92 Å². The number of carbonyl (C=O) groups excluding carboxylic acids is 1. The minimum Gasteiger partial charge on any atom is -0.444 e. The molecule has 0 spiro atoms. The molecule has 1 aliphatic carbocycles. The Kier molecular flexibility index (Phi) is 7.65. The molecule has 1 aliphatic rings. The first kappa shape index (κ1) is 19.6. The Morgan fingerprint density at radius 1 is 1.35 bits per heavy atom. The zero-order chi connectivity index (χ0) is 17.5. The van der Waals surface area contributed by atoms with Gasteiger partial charge >= 0.3 is 6.09 Å². The second kappa shape index (κ2) is 8.99. The maximum atomic E-state index is 12.3. The number of hydrogen-bond acceptors (Lipinski definition) is 3. The van der Waals surface area contributed by atoms with Crippen molar-refractivity contribution < 1.29 is 9.53 Å². The van der Waals surface area contributed by atoms with E-state index in [9.17, 15) is 4.79 Å². The topological polar surface area (TPSA) is 66.0 Å². The highest BCUT2D eigenvalue weighted by molar-refractivity contribution is 5.80. The third-order valence-electron chi connectivity index (χ3n) is 3.57. The first-order valence-corrected chi connectivity index (χ1v) is 8.81. The van der Waals surface area contributed by atoms with Crippen molar-refractivity contribution in [1.82, 2.24) is 15.5 Å². The second-order valence-corrected chi connectivity index (χ2v) is 7.12. The highest BCUT2D eigenvalue weighted by atomic mass is 16.6. The summed E-state index contributed by atoms with van der Waals surface area (Å²) in [6, 6.07) is 0.698. The van der Waals surface area contributed by atoms with Crippen LogP contribution in [0.3, 0.4) is 0 Å². The molecule has 6 nitrogen and oxygen atoms in total. The molecule has 0 bridgehead atoms. The van der Waals surface area contributed by atoms with Gasteiger partial charge < -0.3 is 20.3 Å². The Morgan fingerprint density at radius 3 is 2.48 bits per heavy atom. The van der Waals surface area contributed by atoms with Crippen molar-refractivity contribution >= 4 is 12.1 Å². The zero-order valence-corrected chi connectivity index (χ0v) is 15.6. The van der Waals surface area contributed by atoms with Crippen molar-refractivity contribution in [3.8, 4) is 0 Å². The number of carbonyl (C=O) groups is 1. The van der Waals surface area contributed by atoms with Crippen LogP contribution in [0.1, 0.15) is 60.8 Å². The Hall–Kier alpha value is -1.46. The summed E-state index contributed by atoms with van der Waals surface area (Å²) in [6.45, 7) is 14.0. The van der Waals surface area contributed by atoms with Crippen molar-refractivity contribution in [3.05, 3.63) is 0 Å². The molecule has 0 aromatic carbocycles. The number of amides is 1.